The maximum absolute atomic E-state index is 6.04. The minimum absolute atomic E-state index is 0.493. The molecule has 0 aliphatic heterocycles. The van der Waals surface area contributed by atoms with Crippen molar-refractivity contribution in [3.05, 3.63) is 53.1 Å². The Labute approximate surface area is 116 Å². The van der Waals surface area contributed by atoms with Crippen molar-refractivity contribution in [2.24, 2.45) is 0 Å². The van der Waals surface area contributed by atoms with Crippen molar-refractivity contribution in [1.29, 1.82) is 0 Å². The molecular weight excluding hydrogens is 258 g/mol. The van der Waals surface area contributed by atoms with E-state index >= 15 is 0 Å². The highest BCUT2D eigenvalue weighted by Crippen LogP contribution is 2.27. The first-order valence-electron chi connectivity index (χ1n) is 6.00. The molecule has 0 fully saturated rings. The maximum Gasteiger partial charge on any atom is 0.135 e. The lowest BCUT2D eigenvalue weighted by atomic mass is 10.1. The molecule has 2 heterocycles. The lowest BCUT2D eigenvalue weighted by Crippen LogP contribution is -1.92. The van der Waals surface area contributed by atoms with Crippen molar-refractivity contribution in [2.75, 3.05) is 0 Å². The van der Waals surface area contributed by atoms with Crippen molar-refractivity contribution in [1.82, 2.24) is 15.0 Å². The molecule has 0 radical (unpaired) electrons. The van der Waals surface area contributed by atoms with E-state index < -0.39 is 0 Å². The van der Waals surface area contributed by atoms with Gasteiger partial charge in [-0.15, -0.1) is 0 Å². The predicted octanol–water partition coefficient (Wildman–Crippen LogP) is 3.96. The van der Waals surface area contributed by atoms with Gasteiger partial charge in [-0.05, 0) is 32.0 Å². The molecule has 1 aromatic carbocycles. The van der Waals surface area contributed by atoms with Gasteiger partial charge in [-0.1, -0.05) is 23.7 Å². The minimum Gasteiger partial charge on any atom is -0.253 e. The molecule has 0 N–H and O–H groups in total. The van der Waals surface area contributed by atoms with Crippen LogP contribution in [-0.2, 0) is 0 Å². The first-order valence-corrected chi connectivity index (χ1v) is 6.38. The van der Waals surface area contributed by atoms with Crippen molar-refractivity contribution < 1.29 is 0 Å². The molecule has 0 amide bonds. The first kappa shape index (κ1) is 12.1. The monoisotopic (exact) mass is 269 g/mol. The summed E-state index contributed by atoms with van der Waals surface area (Å²) >= 11 is 6.04. The predicted molar refractivity (Wildman–Crippen MR) is 77.3 cm³/mol. The lowest BCUT2D eigenvalue weighted by molar-refractivity contribution is 1.13. The Morgan fingerprint density at radius 1 is 1.00 bits per heavy atom. The standard InChI is InChI=1S/C15H12ClN3/c1-9-3-4-11-7-12(5-6-13(11)19-9)14-10(2)15(16)18-8-17-14/h3-8H,1-2H3. The Morgan fingerprint density at radius 2 is 1.84 bits per heavy atom. The summed E-state index contributed by atoms with van der Waals surface area (Å²) in [7, 11) is 0. The van der Waals surface area contributed by atoms with E-state index in [-0.39, 0.29) is 0 Å². The van der Waals surface area contributed by atoms with Crippen LogP contribution in [0.25, 0.3) is 22.2 Å². The SMILES string of the molecule is Cc1ccc2cc(-c3ncnc(Cl)c3C)ccc2n1. The number of aryl methyl sites for hydroxylation is 1. The van der Waals surface area contributed by atoms with Crippen LogP contribution in [0.1, 0.15) is 11.3 Å². The third kappa shape index (κ3) is 2.17. The van der Waals surface area contributed by atoms with Crippen LogP contribution >= 0.6 is 11.6 Å². The van der Waals surface area contributed by atoms with Crippen LogP contribution in [0.5, 0.6) is 0 Å². The highest BCUT2D eigenvalue weighted by Gasteiger charge is 2.08. The van der Waals surface area contributed by atoms with Gasteiger partial charge < -0.3 is 0 Å². The van der Waals surface area contributed by atoms with Gasteiger partial charge in [0.2, 0.25) is 0 Å². The van der Waals surface area contributed by atoms with E-state index in [1.165, 1.54) is 6.33 Å². The zero-order valence-electron chi connectivity index (χ0n) is 10.7. The van der Waals surface area contributed by atoms with E-state index in [0.29, 0.717) is 5.15 Å². The fourth-order valence-electron chi connectivity index (χ4n) is 2.09. The van der Waals surface area contributed by atoms with Crippen LogP contribution < -0.4 is 0 Å². The number of aromatic nitrogens is 3. The van der Waals surface area contributed by atoms with E-state index in [2.05, 4.69) is 27.1 Å². The normalized spacial score (nSPS) is 10.9. The highest BCUT2D eigenvalue weighted by atomic mass is 35.5. The van der Waals surface area contributed by atoms with Gasteiger partial charge in [0, 0.05) is 22.2 Å². The van der Waals surface area contributed by atoms with Crippen molar-refractivity contribution in [2.45, 2.75) is 13.8 Å². The number of benzene rings is 1. The van der Waals surface area contributed by atoms with Crippen molar-refractivity contribution >= 4 is 22.5 Å². The average Bonchev–Trinajstić information content (AvgIpc) is 2.41. The first-order chi connectivity index (χ1) is 9.15. The molecule has 3 aromatic rings. The molecule has 0 aliphatic carbocycles. The quantitative estimate of drug-likeness (QED) is 0.628. The number of hydrogen-bond donors (Lipinski definition) is 0. The highest BCUT2D eigenvalue weighted by molar-refractivity contribution is 6.30. The molecule has 2 aromatic heterocycles. The summed E-state index contributed by atoms with van der Waals surface area (Å²) in [6.45, 7) is 3.91. The van der Waals surface area contributed by atoms with E-state index in [4.69, 9.17) is 11.6 Å². The van der Waals surface area contributed by atoms with Gasteiger partial charge in [0.25, 0.3) is 0 Å². The van der Waals surface area contributed by atoms with E-state index in [1.54, 1.807) is 0 Å². The summed E-state index contributed by atoms with van der Waals surface area (Å²) in [6.07, 6.45) is 1.49. The Bertz CT molecular complexity index is 768. The van der Waals surface area contributed by atoms with Crippen LogP contribution in [0.4, 0.5) is 0 Å². The third-order valence-electron chi connectivity index (χ3n) is 3.12. The van der Waals surface area contributed by atoms with Gasteiger partial charge >= 0.3 is 0 Å². The molecule has 0 atom stereocenters. The number of pyridine rings is 1. The van der Waals surface area contributed by atoms with Crippen molar-refractivity contribution in [3.8, 4) is 11.3 Å². The molecule has 0 saturated heterocycles. The summed E-state index contributed by atoms with van der Waals surface area (Å²) in [5, 5.41) is 1.59. The number of halogens is 1. The van der Waals surface area contributed by atoms with Crippen molar-refractivity contribution in [3.63, 3.8) is 0 Å². The molecule has 3 rings (SSSR count). The Morgan fingerprint density at radius 3 is 2.68 bits per heavy atom. The van der Waals surface area contributed by atoms with Crippen LogP contribution in [0, 0.1) is 13.8 Å². The second-order valence-corrected chi connectivity index (χ2v) is 4.86. The molecule has 0 aliphatic rings. The summed E-state index contributed by atoms with van der Waals surface area (Å²) in [4.78, 5) is 12.8. The zero-order valence-corrected chi connectivity index (χ0v) is 11.4. The Kier molecular flexibility index (Phi) is 2.91. The van der Waals surface area contributed by atoms with E-state index in [0.717, 1.165) is 33.4 Å². The number of hydrogen-bond acceptors (Lipinski definition) is 3. The van der Waals surface area contributed by atoms with E-state index in [9.17, 15) is 0 Å². The Hall–Kier alpha value is -2.00. The van der Waals surface area contributed by atoms with Crippen LogP contribution in [0.3, 0.4) is 0 Å². The summed E-state index contributed by atoms with van der Waals surface area (Å²) < 4.78 is 0. The van der Waals surface area contributed by atoms with Crippen LogP contribution in [0.15, 0.2) is 36.7 Å². The largest absolute Gasteiger partial charge is 0.253 e. The molecular formula is C15H12ClN3. The average molecular weight is 270 g/mol. The number of nitrogens with zero attached hydrogens (tertiary/aromatic N) is 3. The smallest absolute Gasteiger partial charge is 0.135 e. The summed E-state index contributed by atoms with van der Waals surface area (Å²) in [5.74, 6) is 0. The topological polar surface area (TPSA) is 38.7 Å². The van der Waals surface area contributed by atoms with Crippen LogP contribution in [0.2, 0.25) is 5.15 Å². The van der Waals surface area contributed by atoms with Gasteiger partial charge in [0.1, 0.15) is 11.5 Å². The van der Waals surface area contributed by atoms with Gasteiger partial charge in [0.05, 0.1) is 11.2 Å². The molecule has 0 saturated carbocycles. The van der Waals surface area contributed by atoms with Crippen LogP contribution in [-0.4, -0.2) is 15.0 Å². The maximum atomic E-state index is 6.04. The number of fused-ring (bicyclic) bond motifs is 1. The molecule has 0 bridgehead atoms. The molecule has 4 heteroatoms. The Balaban J connectivity index is 2.20. The summed E-state index contributed by atoms with van der Waals surface area (Å²) in [6, 6.07) is 10.2. The van der Waals surface area contributed by atoms with Gasteiger partial charge in [-0.3, -0.25) is 4.98 Å². The zero-order chi connectivity index (χ0) is 13.4. The minimum atomic E-state index is 0.493. The molecule has 19 heavy (non-hydrogen) atoms. The van der Waals surface area contributed by atoms with Gasteiger partial charge in [-0.25, -0.2) is 9.97 Å². The summed E-state index contributed by atoms with van der Waals surface area (Å²) in [5.41, 5.74) is 4.79. The second kappa shape index (κ2) is 4.59. The number of rotatable bonds is 1. The van der Waals surface area contributed by atoms with Gasteiger partial charge in [-0.2, -0.15) is 0 Å². The molecule has 94 valence electrons. The third-order valence-corrected chi connectivity index (χ3v) is 3.51. The molecule has 0 unspecified atom stereocenters. The van der Waals surface area contributed by atoms with E-state index in [1.807, 2.05) is 32.0 Å². The fourth-order valence-corrected chi connectivity index (χ4v) is 2.23. The van der Waals surface area contributed by atoms with Gasteiger partial charge in [0.15, 0.2) is 0 Å². The lowest BCUT2D eigenvalue weighted by Gasteiger charge is -2.07. The molecule has 0 spiro atoms. The fraction of sp³-hybridized carbons (Fsp3) is 0.133. The second-order valence-electron chi connectivity index (χ2n) is 4.50. The molecule has 3 nitrogen and oxygen atoms in total.